The van der Waals surface area contributed by atoms with Crippen molar-refractivity contribution >= 4 is 27.5 Å². The van der Waals surface area contributed by atoms with Crippen molar-refractivity contribution in [2.75, 3.05) is 0 Å². The second-order valence-electron chi connectivity index (χ2n) is 3.23. The largest absolute Gasteiger partial charge is 0.478 e. The number of carboxylic acid groups (broad SMARTS) is 1. The molecule has 0 fully saturated rings. The monoisotopic (exact) mass is 242 g/mol. The molecule has 0 bridgehead atoms. The molecule has 5 nitrogen and oxygen atoms in total. The van der Waals surface area contributed by atoms with E-state index in [4.69, 9.17) is 5.11 Å². The molecule has 0 amide bonds. The molecule has 0 aromatic carbocycles. The molecule has 0 aliphatic carbocycles. The van der Waals surface area contributed by atoms with E-state index in [0.29, 0.717) is 10.1 Å². The first-order valence-electron chi connectivity index (χ1n) is 4.34. The number of fused-ring (bicyclic) bond motifs is 1. The first kappa shape index (κ1) is 10.7. The molecule has 2 heterocycles. The molecule has 1 N–H and O–H groups in total. The highest BCUT2D eigenvalue weighted by molar-refractivity contribution is 7.17. The number of aliphatic carboxylic acids is 1. The number of aromatic nitrogens is 2. The third-order valence-electron chi connectivity index (χ3n) is 2.13. The fourth-order valence-electron chi connectivity index (χ4n) is 1.32. The zero-order valence-electron chi connectivity index (χ0n) is 8.18. The van der Waals surface area contributed by atoms with E-state index < -0.39 is 17.8 Å². The summed E-state index contributed by atoms with van der Waals surface area (Å²) < 4.78 is 13.9. The van der Waals surface area contributed by atoms with Crippen molar-refractivity contribution in [2.24, 2.45) is 0 Å². The average Bonchev–Trinajstić information content (AvgIpc) is 2.61. The van der Waals surface area contributed by atoms with E-state index in [0.717, 1.165) is 23.2 Å². The first-order chi connectivity index (χ1) is 7.52. The number of aryl methyl sites for hydroxylation is 1. The van der Waals surface area contributed by atoms with Crippen molar-refractivity contribution in [1.29, 1.82) is 0 Å². The maximum absolute atomic E-state index is 13.2. The highest BCUT2D eigenvalue weighted by Gasteiger charge is 2.21. The molecule has 7 heteroatoms. The minimum atomic E-state index is -2.40. The summed E-state index contributed by atoms with van der Waals surface area (Å²) in [6.07, 6.45) is -1.48. The molecule has 0 saturated carbocycles. The van der Waals surface area contributed by atoms with Crippen LogP contribution in [0.15, 0.2) is 16.5 Å². The zero-order valence-corrected chi connectivity index (χ0v) is 8.99. The molecule has 0 aliphatic heterocycles. The van der Waals surface area contributed by atoms with Crippen molar-refractivity contribution in [2.45, 2.75) is 13.2 Å². The van der Waals surface area contributed by atoms with Crippen molar-refractivity contribution < 1.29 is 14.3 Å². The first-order valence-corrected chi connectivity index (χ1v) is 5.22. The molecule has 0 radical (unpaired) electrons. The molecule has 2 rings (SSSR count). The van der Waals surface area contributed by atoms with Gasteiger partial charge in [-0.25, -0.2) is 14.2 Å². The van der Waals surface area contributed by atoms with Gasteiger partial charge in [0.15, 0.2) is 0 Å². The van der Waals surface area contributed by atoms with Crippen LogP contribution in [0.4, 0.5) is 4.39 Å². The van der Waals surface area contributed by atoms with Crippen LogP contribution in [0.5, 0.6) is 0 Å². The van der Waals surface area contributed by atoms with Gasteiger partial charge < -0.3 is 5.11 Å². The van der Waals surface area contributed by atoms with Crippen LogP contribution >= 0.6 is 11.3 Å². The number of alkyl halides is 1. The number of nitrogens with zero attached hydrogens (tertiary/aromatic N) is 2. The summed E-state index contributed by atoms with van der Waals surface area (Å²) in [5, 5.41) is 10.2. The Bertz CT molecular complexity index is 619. The van der Waals surface area contributed by atoms with E-state index >= 15 is 0 Å². The second-order valence-corrected chi connectivity index (χ2v) is 4.11. The molecule has 1 unspecified atom stereocenters. The fourth-order valence-corrected chi connectivity index (χ4v) is 2.26. The van der Waals surface area contributed by atoms with Gasteiger partial charge in [0.1, 0.15) is 11.0 Å². The Balaban J connectivity index is 2.71. The number of rotatable bonds is 2. The van der Waals surface area contributed by atoms with Gasteiger partial charge in [0.05, 0.1) is 5.52 Å². The maximum Gasteiger partial charge on any atom is 0.360 e. The number of thiophene rings is 1. The summed E-state index contributed by atoms with van der Waals surface area (Å²) in [6.45, 7) is 1.78. The van der Waals surface area contributed by atoms with Gasteiger partial charge in [-0.15, -0.1) is 11.3 Å². The quantitative estimate of drug-likeness (QED) is 0.862. The van der Waals surface area contributed by atoms with Crippen molar-refractivity contribution in [3.63, 3.8) is 0 Å². The van der Waals surface area contributed by atoms with E-state index in [9.17, 15) is 14.0 Å². The standard InChI is InChI=1S/C9H7FN2O3S/c1-4-2-16-6-5(4)11-3-12(8(6)13)7(10)9(14)15/h2-3,7H,1H3,(H,14,15). The molecule has 0 spiro atoms. The number of halogens is 1. The molecule has 2 aromatic rings. The average molecular weight is 242 g/mol. The summed E-state index contributed by atoms with van der Waals surface area (Å²) in [5.41, 5.74) is 0.636. The van der Waals surface area contributed by atoms with Gasteiger partial charge in [-0.1, -0.05) is 0 Å². The van der Waals surface area contributed by atoms with Gasteiger partial charge >= 0.3 is 5.97 Å². The lowest BCUT2D eigenvalue weighted by molar-refractivity contribution is -0.146. The van der Waals surface area contributed by atoms with E-state index in [1.54, 1.807) is 12.3 Å². The van der Waals surface area contributed by atoms with Crippen LogP contribution in [-0.4, -0.2) is 20.6 Å². The van der Waals surface area contributed by atoms with E-state index in [1.807, 2.05) is 0 Å². The van der Waals surface area contributed by atoms with E-state index in [1.165, 1.54) is 0 Å². The minimum Gasteiger partial charge on any atom is -0.478 e. The summed E-state index contributed by atoms with van der Waals surface area (Å²) in [5.74, 6) is -1.71. The number of carbonyl (C=O) groups is 1. The van der Waals surface area contributed by atoms with Gasteiger partial charge in [0.25, 0.3) is 11.9 Å². The van der Waals surface area contributed by atoms with Gasteiger partial charge in [0.2, 0.25) is 0 Å². The van der Waals surface area contributed by atoms with E-state index in [2.05, 4.69) is 4.98 Å². The van der Waals surface area contributed by atoms with Crippen molar-refractivity contribution in [3.05, 3.63) is 27.6 Å². The third-order valence-corrected chi connectivity index (χ3v) is 3.21. The summed E-state index contributed by atoms with van der Waals surface area (Å²) in [7, 11) is 0. The molecule has 2 aromatic heterocycles. The summed E-state index contributed by atoms with van der Waals surface area (Å²) >= 11 is 1.13. The maximum atomic E-state index is 13.2. The Morgan fingerprint density at radius 2 is 2.38 bits per heavy atom. The smallest absolute Gasteiger partial charge is 0.360 e. The van der Waals surface area contributed by atoms with Crippen LogP contribution in [0.2, 0.25) is 0 Å². The Hall–Kier alpha value is -1.76. The topological polar surface area (TPSA) is 72.2 Å². The lowest BCUT2D eigenvalue weighted by Gasteiger charge is -2.05. The highest BCUT2D eigenvalue weighted by Crippen LogP contribution is 2.20. The molecular formula is C9H7FN2O3S. The zero-order chi connectivity index (χ0) is 11.9. The van der Waals surface area contributed by atoms with Crippen LogP contribution in [-0.2, 0) is 4.79 Å². The van der Waals surface area contributed by atoms with Crippen molar-refractivity contribution in [1.82, 2.24) is 9.55 Å². The van der Waals surface area contributed by atoms with Gasteiger partial charge in [-0.2, -0.15) is 0 Å². The Morgan fingerprint density at radius 1 is 1.69 bits per heavy atom. The third kappa shape index (κ3) is 1.49. The normalized spacial score (nSPS) is 12.9. The molecule has 0 saturated heterocycles. The molecule has 0 aliphatic rings. The van der Waals surface area contributed by atoms with Crippen LogP contribution in [0, 0.1) is 6.92 Å². The summed E-state index contributed by atoms with van der Waals surface area (Å²) in [4.78, 5) is 26.0. The number of carboxylic acids is 1. The van der Waals surface area contributed by atoms with Crippen LogP contribution in [0.25, 0.3) is 10.2 Å². The molecule has 16 heavy (non-hydrogen) atoms. The SMILES string of the molecule is Cc1csc2c(=O)n(C(F)C(=O)O)cnc12. The molecule has 1 atom stereocenters. The predicted octanol–water partition coefficient (Wildman–Crippen LogP) is 1.32. The van der Waals surface area contributed by atoms with Crippen LogP contribution in [0.1, 0.15) is 11.9 Å². The van der Waals surface area contributed by atoms with Gasteiger partial charge in [-0.05, 0) is 17.9 Å². The Morgan fingerprint density at radius 3 is 3.00 bits per heavy atom. The number of hydrogen-bond donors (Lipinski definition) is 1. The van der Waals surface area contributed by atoms with Crippen LogP contribution < -0.4 is 5.56 Å². The Labute approximate surface area is 92.8 Å². The van der Waals surface area contributed by atoms with Crippen molar-refractivity contribution in [3.8, 4) is 0 Å². The molecule has 84 valence electrons. The minimum absolute atomic E-state index is 0.268. The van der Waals surface area contributed by atoms with Gasteiger partial charge in [-0.3, -0.25) is 9.36 Å². The van der Waals surface area contributed by atoms with Crippen LogP contribution in [0.3, 0.4) is 0 Å². The lowest BCUT2D eigenvalue weighted by atomic mass is 10.3. The fraction of sp³-hybridized carbons (Fsp3) is 0.222. The Kier molecular flexibility index (Phi) is 2.47. The van der Waals surface area contributed by atoms with Gasteiger partial charge in [0, 0.05) is 0 Å². The predicted molar refractivity (Wildman–Crippen MR) is 56.4 cm³/mol. The second kappa shape index (κ2) is 3.67. The molecular weight excluding hydrogens is 235 g/mol. The lowest BCUT2D eigenvalue weighted by Crippen LogP contribution is -2.26. The highest BCUT2D eigenvalue weighted by atomic mass is 32.1. The summed E-state index contributed by atoms with van der Waals surface area (Å²) in [6, 6.07) is 0. The number of hydrogen-bond acceptors (Lipinski definition) is 4. The van der Waals surface area contributed by atoms with E-state index in [-0.39, 0.29) is 4.70 Å².